The van der Waals surface area contributed by atoms with Crippen LogP contribution in [0.2, 0.25) is 0 Å². The molecule has 0 saturated carbocycles. The van der Waals surface area contributed by atoms with Crippen molar-refractivity contribution in [2.45, 2.75) is 39.7 Å². The van der Waals surface area contributed by atoms with Gasteiger partial charge < -0.3 is 15.0 Å². The summed E-state index contributed by atoms with van der Waals surface area (Å²) in [6.45, 7) is 9.78. The molecule has 0 bridgehead atoms. The van der Waals surface area contributed by atoms with Crippen LogP contribution in [0.25, 0.3) is 0 Å². The van der Waals surface area contributed by atoms with Gasteiger partial charge in [0.25, 0.3) is 0 Å². The monoisotopic (exact) mass is 385 g/mol. The highest BCUT2D eigenvalue weighted by atomic mass is 35.5. The van der Waals surface area contributed by atoms with Crippen LogP contribution in [0, 0.1) is 5.41 Å². The molecule has 0 aromatic rings. The number of halogens is 1. The van der Waals surface area contributed by atoms with Crippen LogP contribution < -0.4 is 5.32 Å². The fourth-order valence-corrected chi connectivity index (χ4v) is 2.49. The topological polar surface area (TPSA) is 98.1 Å². The summed E-state index contributed by atoms with van der Waals surface area (Å²) >= 11 is 5.52. The van der Waals surface area contributed by atoms with E-state index in [4.69, 9.17) is 21.7 Å². The second-order valence-corrected chi connectivity index (χ2v) is 7.32. The van der Waals surface area contributed by atoms with Gasteiger partial charge in [-0.1, -0.05) is 11.6 Å². The van der Waals surface area contributed by atoms with E-state index in [0.717, 1.165) is 6.42 Å². The molecule has 1 heterocycles. The molecule has 8 nitrogen and oxygen atoms in total. The molecule has 9 heteroatoms. The molecule has 1 rings (SSSR count). The van der Waals surface area contributed by atoms with E-state index in [1.807, 2.05) is 25.7 Å². The third-order valence-corrected chi connectivity index (χ3v) is 3.52. The number of nitrogens with one attached hydrogen (secondary N) is 2. The van der Waals surface area contributed by atoms with Gasteiger partial charge in [-0.2, -0.15) is 0 Å². The maximum absolute atomic E-state index is 12.2. The van der Waals surface area contributed by atoms with E-state index < -0.39 is 5.60 Å². The van der Waals surface area contributed by atoms with E-state index in [0.29, 0.717) is 26.2 Å². The van der Waals surface area contributed by atoms with E-state index in [-0.39, 0.29) is 29.5 Å². The molecular formula is C17H28ClN5O3. The zero-order valence-corrected chi connectivity index (χ0v) is 16.6. The molecule has 0 radical (unpaired) electrons. The van der Waals surface area contributed by atoms with E-state index >= 15 is 0 Å². The Labute approximate surface area is 159 Å². The van der Waals surface area contributed by atoms with Crippen molar-refractivity contribution in [2.24, 2.45) is 4.99 Å². The number of allylic oxidation sites excluding steroid dienone is 1. The normalized spacial score (nSPS) is 17.1. The van der Waals surface area contributed by atoms with E-state index in [1.54, 1.807) is 11.8 Å². The zero-order chi connectivity index (χ0) is 19.7. The van der Waals surface area contributed by atoms with Crippen LogP contribution in [0.15, 0.2) is 16.9 Å². The first-order valence-electron chi connectivity index (χ1n) is 8.55. The van der Waals surface area contributed by atoms with Crippen LogP contribution >= 0.6 is 11.6 Å². The summed E-state index contributed by atoms with van der Waals surface area (Å²) in [5.41, 5.74) is -0.526. The van der Waals surface area contributed by atoms with Crippen molar-refractivity contribution in [3.63, 3.8) is 0 Å². The van der Waals surface area contributed by atoms with Gasteiger partial charge in [0.05, 0.1) is 6.54 Å². The minimum Gasteiger partial charge on any atom is -0.444 e. The lowest BCUT2D eigenvalue weighted by atomic mass is 10.2. The SMILES string of the molecule is CC=N/C(=C\C(=N)Cl)NC(=O)CN1CCCN(C(=O)OC(C)(C)C)CC1. The highest BCUT2D eigenvalue weighted by Crippen LogP contribution is 2.12. The summed E-state index contributed by atoms with van der Waals surface area (Å²) in [4.78, 5) is 32.0. The predicted molar refractivity (Wildman–Crippen MR) is 103 cm³/mol. The maximum atomic E-state index is 12.2. The van der Waals surface area contributed by atoms with Gasteiger partial charge in [0.15, 0.2) is 0 Å². The van der Waals surface area contributed by atoms with Gasteiger partial charge in [-0.3, -0.25) is 15.1 Å². The minimum absolute atomic E-state index is 0.175. The summed E-state index contributed by atoms with van der Waals surface area (Å²) in [6, 6.07) is 0. The fraction of sp³-hybridized carbons (Fsp3) is 0.647. The van der Waals surface area contributed by atoms with Crippen molar-refractivity contribution in [1.29, 1.82) is 5.41 Å². The highest BCUT2D eigenvalue weighted by Gasteiger charge is 2.25. The Morgan fingerprint density at radius 1 is 1.27 bits per heavy atom. The molecule has 0 aromatic heterocycles. The Balaban J connectivity index is 2.55. The number of aliphatic imine (C=N–C) groups is 1. The summed E-state index contributed by atoms with van der Waals surface area (Å²) in [5, 5.41) is 9.68. The van der Waals surface area contributed by atoms with Crippen LogP contribution in [0.1, 0.15) is 34.1 Å². The molecule has 1 aliphatic rings. The predicted octanol–water partition coefficient (Wildman–Crippen LogP) is 2.19. The maximum Gasteiger partial charge on any atom is 0.410 e. The number of hydrogen-bond donors (Lipinski definition) is 2. The average molecular weight is 386 g/mol. The molecule has 1 fully saturated rings. The molecule has 0 atom stereocenters. The Hall–Kier alpha value is -1.93. The van der Waals surface area contributed by atoms with Crippen molar-refractivity contribution in [1.82, 2.24) is 15.1 Å². The molecule has 0 aliphatic carbocycles. The van der Waals surface area contributed by atoms with Crippen LogP contribution in [-0.4, -0.2) is 71.5 Å². The third kappa shape index (κ3) is 8.96. The summed E-state index contributed by atoms with van der Waals surface area (Å²) in [5.74, 6) is -0.0202. The van der Waals surface area contributed by atoms with Gasteiger partial charge in [-0.05, 0) is 34.1 Å². The number of rotatable bonds is 5. The van der Waals surface area contributed by atoms with Crippen molar-refractivity contribution >= 4 is 35.0 Å². The Kier molecular flexibility index (Phi) is 8.74. The van der Waals surface area contributed by atoms with E-state index in [9.17, 15) is 9.59 Å². The second kappa shape index (κ2) is 10.3. The standard InChI is InChI=1S/C17H28ClN5O3/c1-5-20-14(11-13(18)19)21-15(24)12-22-7-6-8-23(10-9-22)16(25)26-17(2,3)4/h5,11,19H,6-10,12H2,1-4H3,(H,21,24)/b14-11+,19-13?,20-5?. The van der Waals surface area contributed by atoms with Crippen molar-refractivity contribution in [3.8, 4) is 0 Å². The lowest BCUT2D eigenvalue weighted by Gasteiger charge is -2.26. The van der Waals surface area contributed by atoms with Crippen LogP contribution in [0.3, 0.4) is 0 Å². The number of ether oxygens (including phenoxy) is 1. The van der Waals surface area contributed by atoms with Gasteiger partial charge in [0, 0.05) is 38.5 Å². The van der Waals surface area contributed by atoms with Gasteiger partial charge in [0.1, 0.15) is 16.6 Å². The van der Waals surface area contributed by atoms with Gasteiger partial charge >= 0.3 is 6.09 Å². The molecule has 1 aliphatic heterocycles. The number of carbonyl (C=O) groups is 2. The Bertz CT molecular complexity index is 583. The van der Waals surface area contributed by atoms with Crippen molar-refractivity contribution in [3.05, 3.63) is 11.9 Å². The fourth-order valence-electron chi connectivity index (χ4n) is 2.39. The summed E-state index contributed by atoms with van der Waals surface area (Å²) in [6.07, 6.45) is 3.21. The smallest absolute Gasteiger partial charge is 0.410 e. The first-order chi connectivity index (χ1) is 12.1. The second-order valence-electron chi connectivity index (χ2n) is 6.91. The number of carbonyl (C=O) groups excluding carboxylic acids is 2. The van der Waals surface area contributed by atoms with Gasteiger partial charge in [-0.25, -0.2) is 9.79 Å². The summed E-state index contributed by atoms with van der Waals surface area (Å²) < 4.78 is 5.40. The molecule has 0 spiro atoms. The number of hydrogen-bond acceptors (Lipinski definition) is 6. The van der Waals surface area contributed by atoms with Crippen molar-refractivity contribution < 1.29 is 14.3 Å². The molecule has 146 valence electrons. The lowest BCUT2D eigenvalue weighted by molar-refractivity contribution is -0.121. The minimum atomic E-state index is -0.526. The number of nitrogens with zero attached hydrogens (tertiary/aromatic N) is 3. The lowest BCUT2D eigenvalue weighted by Crippen LogP contribution is -2.41. The largest absolute Gasteiger partial charge is 0.444 e. The van der Waals surface area contributed by atoms with Crippen LogP contribution in [0.4, 0.5) is 4.79 Å². The molecule has 2 amide bonds. The molecular weight excluding hydrogens is 358 g/mol. The quantitative estimate of drug-likeness (QED) is 0.708. The highest BCUT2D eigenvalue weighted by molar-refractivity contribution is 6.67. The van der Waals surface area contributed by atoms with E-state index in [1.165, 1.54) is 12.3 Å². The zero-order valence-electron chi connectivity index (χ0n) is 15.8. The summed E-state index contributed by atoms with van der Waals surface area (Å²) in [7, 11) is 0. The first-order valence-corrected chi connectivity index (χ1v) is 8.93. The average Bonchev–Trinajstić information content (AvgIpc) is 2.70. The molecule has 26 heavy (non-hydrogen) atoms. The third-order valence-electron chi connectivity index (χ3n) is 3.41. The Morgan fingerprint density at radius 2 is 1.96 bits per heavy atom. The Morgan fingerprint density at radius 3 is 2.54 bits per heavy atom. The van der Waals surface area contributed by atoms with E-state index in [2.05, 4.69) is 10.3 Å². The molecule has 0 unspecified atom stereocenters. The van der Waals surface area contributed by atoms with Crippen LogP contribution in [-0.2, 0) is 9.53 Å². The van der Waals surface area contributed by atoms with Gasteiger partial charge in [0.2, 0.25) is 5.91 Å². The molecule has 1 saturated heterocycles. The molecule has 0 aromatic carbocycles. The first kappa shape index (κ1) is 22.1. The van der Waals surface area contributed by atoms with Crippen LogP contribution in [0.5, 0.6) is 0 Å². The van der Waals surface area contributed by atoms with Gasteiger partial charge in [-0.15, -0.1) is 0 Å². The van der Waals surface area contributed by atoms with Crippen molar-refractivity contribution in [2.75, 3.05) is 32.7 Å². The number of amides is 2. The molecule has 2 N–H and O–H groups in total.